The van der Waals surface area contributed by atoms with E-state index in [0.29, 0.717) is 6.54 Å². The van der Waals surface area contributed by atoms with Crippen LogP contribution in [-0.4, -0.2) is 31.5 Å². The van der Waals surface area contributed by atoms with Crippen LogP contribution in [0.5, 0.6) is 0 Å². The van der Waals surface area contributed by atoms with Crippen molar-refractivity contribution in [2.45, 2.75) is 6.10 Å². The maximum Gasteiger partial charge on any atom is 0.0923 e. The van der Waals surface area contributed by atoms with Crippen molar-refractivity contribution >= 4 is 12.4 Å². The number of aliphatic hydroxyl groups is 1. The van der Waals surface area contributed by atoms with Gasteiger partial charge in [-0.2, -0.15) is 0 Å². The molecule has 0 unspecified atom stereocenters. The second-order valence-corrected chi connectivity index (χ2v) is 1.28. The van der Waals surface area contributed by atoms with Gasteiger partial charge >= 0.3 is 0 Å². The molecule has 0 heterocycles. The van der Waals surface area contributed by atoms with Crippen molar-refractivity contribution < 1.29 is 9.84 Å². The summed E-state index contributed by atoms with van der Waals surface area (Å²) in [5, 5.41) is 8.32. The minimum Gasteiger partial charge on any atom is -0.394 e. The lowest BCUT2D eigenvalue weighted by atomic mass is 10.4. The van der Waals surface area contributed by atoms with E-state index >= 15 is 0 Å². The number of rotatable bonds is 3. The highest BCUT2D eigenvalue weighted by atomic mass is 35.5. The van der Waals surface area contributed by atoms with Crippen molar-refractivity contribution in [3.05, 3.63) is 0 Å². The van der Waals surface area contributed by atoms with Crippen LogP contribution >= 0.6 is 12.4 Å². The summed E-state index contributed by atoms with van der Waals surface area (Å²) in [5.74, 6) is 0. The number of halogens is 1. The number of methoxy groups -OCH3 is 1. The summed E-state index contributed by atoms with van der Waals surface area (Å²) in [6, 6.07) is 0. The monoisotopic (exact) mass is 141 g/mol. The molecule has 0 saturated carbocycles. The van der Waals surface area contributed by atoms with Crippen molar-refractivity contribution in [3.63, 3.8) is 0 Å². The zero-order valence-electron chi connectivity index (χ0n) is 4.83. The molecule has 3 N–H and O–H groups in total. The van der Waals surface area contributed by atoms with E-state index in [1.54, 1.807) is 0 Å². The number of hydrogen-bond acceptors (Lipinski definition) is 3. The minimum absolute atomic E-state index is 0. The van der Waals surface area contributed by atoms with Gasteiger partial charge in [0.25, 0.3) is 0 Å². The molecule has 1 atom stereocenters. The van der Waals surface area contributed by atoms with Gasteiger partial charge in [0.2, 0.25) is 0 Å². The van der Waals surface area contributed by atoms with E-state index in [1.165, 1.54) is 7.11 Å². The highest BCUT2D eigenvalue weighted by Crippen LogP contribution is 1.80. The lowest BCUT2D eigenvalue weighted by Gasteiger charge is -2.06. The molecular formula is C4H12ClNO2. The Balaban J connectivity index is 0. The minimum atomic E-state index is -0.181. The maximum absolute atomic E-state index is 8.32. The van der Waals surface area contributed by atoms with E-state index in [0.717, 1.165) is 0 Å². The summed E-state index contributed by atoms with van der Waals surface area (Å²) in [6.45, 7) is 0.389. The molecular weight excluding hydrogens is 130 g/mol. The molecule has 0 amide bonds. The average molecular weight is 142 g/mol. The van der Waals surface area contributed by atoms with Crippen LogP contribution in [0.3, 0.4) is 0 Å². The Morgan fingerprint density at radius 2 is 2.25 bits per heavy atom. The molecule has 0 aromatic carbocycles. The molecule has 8 heavy (non-hydrogen) atoms. The van der Waals surface area contributed by atoms with Crippen LogP contribution in [0, 0.1) is 0 Å². The zero-order valence-corrected chi connectivity index (χ0v) is 5.65. The first-order valence-electron chi connectivity index (χ1n) is 2.18. The molecule has 0 bridgehead atoms. The fourth-order valence-corrected chi connectivity index (χ4v) is 0.245. The van der Waals surface area contributed by atoms with Crippen LogP contribution in [0.1, 0.15) is 0 Å². The third-order valence-electron chi connectivity index (χ3n) is 0.800. The van der Waals surface area contributed by atoms with Crippen molar-refractivity contribution in [2.24, 2.45) is 5.73 Å². The van der Waals surface area contributed by atoms with Crippen molar-refractivity contribution in [1.29, 1.82) is 0 Å². The Labute approximate surface area is 55.2 Å². The van der Waals surface area contributed by atoms with Crippen LogP contribution in [0.4, 0.5) is 0 Å². The van der Waals surface area contributed by atoms with Gasteiger partial charge in [-0.05, 0) is 0 Å². The molecule has 4 heteroatoms. The lowest BCUT2D eigenvalue weighted by molar-refractivity contribution is 0.0553. The highest BCUT2D eigenvalue weighted by Gasteiger charge is 1.98. The van der Waals surface area contributed by atoms with Gasteiger partial charge in [-0.1, -0.05) is 0 Å². The standard InChI is InChI=1S/C4H11NO2.ClH/c1-7-4(2-5)3-6;/h4,6H,2-3,5H2,1H3;1H/t4-;/m1./s1. The molecule has 0 aromatic rings. The molecule has 0 saturated heterocycles. The van der Waals surface area contributed by atoms with Gasteiger partial charge in [0.1, 0.15) is 0 Å². The SMILES string of the molecule is CO[C@H](CN)CO.Cl. The largest absolute Gasteiger partial charge is 0.394 e. The maximum atomic E-state index is 8.32. The van der Waals surface area contributed by atoms with Gasteiger partial charge < -0.3 is 15.6 Å². The van der Waals surface area contributed by atoms with Gasteiger partial charge in [0, 0.05) is 13.7 Å². The van der Waals surface area contributed by atoms with Crippen LogP contribution in [0.25, 0.3) is 0 Å². The van der Waals surface area contributed by atoms with Gasteiger partial charge in [0.15, 0.2) is 0 Å². The van der Waals surface area contributed by atoms with Gasteiger partial charge in [0.05, 0.1) is 12.7 Å². The smallest absolute Gasteiger partial charge is 0.0923 e. The van der Waals surface area contributed by atoms with E-state index in [9.17, 15) is 0 Å². The van der Waals surface area contributed by atoms with Gasteiger partial charge in [-0.25, -0.2) is 0 Å². The number of nitrogens with two attached hydrogens (primary N) is 1. The third-order valence-corrected chi connectivity index (χ3v) is 0.800. The summed E-state index contributed by atoms with van der Waals surface area (Å²) in [7, 11) is 1.52. The Morgan fingerprint density at radius 3 is 2.25 bits per heavy atom. The Kier molecular flexibility index (Phi) is 9.89. The van der Waals surface area contributed by atoms with Crippen LogP contribution in [-0.2, 0) is 4.74 Å². The molecule has 0 aliphatic heterocycles. The Hall–Kier alpha value is 0.170. The van der Waals surface area contributed by atoms with Crippen LogP contribution in [0.15, 0.2) is 0 Å². The Bertz CT molecular complexity index is 35.5. The third kappa shape index (κ3) is 4.33. The summed E-state index contributed by atoms with van der Waals surface area (Å²) in [6.07, 6.45) is -0.181. The second kappa shape index (κ2) is 7.17. The fourth-order valence-electron chi connectivity index (χ4n) is 0.245. The molecule has 0 aromatic heterocycles. The molecule has 0 aliphatic carbocycles. The van der Waals surface area contributed by atoms with Crippen molar-refractivity contribution in [1.82, 2.24) is 0 Å². The zero-order chi connectivity index (χ0) is 5.70. The fraction of sp³-hybridized carbons (Fsp3) is 1.00. The van der Waals surface area contributed by atoms with Gasteiger partial charge in [-0.3, -0.25) is 0 Å². The molecule has 0 aliphatic rings. The van der Waals surface area contributed by atoms with Crippen molar-refractivity contribution in [3.8, 4) is 0 Å². The molecule has 0 rings (SSSR count). The number of aliphatic hydroxyl groups excluding tert-OH is 1. The quantitative estimate of drug-likeness (QED) is 0.551. The first-order valence-corrected chi connectivity index (χ1v) is 2.18. The van der Waals surface area contributed by atoms with Crippen LogP contribution < -0.4 is 5.73 Å². The molecule has 0 radical (unpaired) electrons. The molecule has 52 valence electrons. The first-order chi connectivity index (χ1) is 3.35. The second-order valence-electron chi connectivity index (χ2n) is 1.28. The molecule has 3 nitrogen and oxygen atoms in total. The summed E-state index contributed by atoms with van der Waals surface area (Å²) in [5.41, 5.74) is 5.11. The van der Waals surface area contributed by atoms with Crippen molar-refractivity contribution in [2.75, 3.05) is 20.3 Å². The predicted molar refractivity (Wildman–Crippen MR) is 34.2 cm³/mol. The normalized spacial score (nSPS) is 12.4. The molecule has 0 spiro atoms. The Morgan fingerprint density at radius 1 is 1.75 bits per heavy atom. The van der Waals surface area contributed by atoms with E-state index < -0.39 is 0 Å². The highest BCUT2D eigenvalue weighted by molar-refractivity contribution is 5.85. The summed E-state index contributed by atoms with van der Waals surface area (Å²) < 4.78 is 4.67. The van der Waals surface area contributed by atoms with E-state index in [2.05, 4.69) is 4.74 Å². The topological polar surface area (TPSA) is 55.5 Å². The number of hydrogen-bond donors (Lipinski definition) is 2. The first kappa shape index (κ1) is 11.0. The molecule has 0 fully saturated rings. The predicted octanol–water partition coefficient (Wildman–Crippen LogP) is -0.626. The van der Waals surface area contributed by atoms with Crippen LogP contribution in [0.2, 0.25) is 0 Å². The summed E-state index contributed by atoms with van der Waals surface area (Å²) in [4.78, 5) is 0. The average Bonchev–Trinajstić information content (AvgIpc) is 1.72. The van der Waals surface area contributed by atoms with Gasteiger partial charge in [-0.15, -0.1) is 12.4 Å². The van der Waals surface area contributed by atoms with E-state index in [1.807, 2.05) is 0 Å². The van der Waals surface area contributed by atoms with E-state index in [4.69, 9.17) is 10.8 Å². The summed E-state index contributed by atoms with van der Waals surface area (Å²) >= 11 is 0. The number of ether oxygens (including phenoxy) is 1. The lowest BCUT2D eigenvalue weighted by Crippen LogP contribution is -2.25. The van der Waals surface area contributed by atoms with E-state index in [-0.39, 0.29) is 25.1 Å².